The van der Waals surface area contributed by atoms with Gasteiger partial charge in [0.15, 0.2) is 0 Å². The van der Waals surface area contributed by atoms with Crippen LogP contribution in [0.4, 0.5) is 10.6 Å². The molecule has 0 saturated carbocycles. The Balaban J connectivity index is 2.26. The summed E-state index contributed by atoms with van der Waals surface area (Å²) in [5, 5.41) is 2.63. The van der Waals surface area contributed by atoms with Gasteiger partial charge in [0, 0.05) is 11.8 Å². The summed E-state index contributed by atoms with van der Waals surface area (Å²) in [6.07, 6.45) is 1.20. The van der Waals surface area contributed by atoms with Gasteiger partial charge in [-0.3, -0.25) is 0 Å². The molecule has 1 fully saturated rings. The monoisotopic (exact) mass is 179 g/mol. The highest BCUT2D eigenvalue weighted by atomic mass is 16.6. The van der Waals surface area contributed by atoms with E-state index in [1.54, 1.807) is 12.3 Å². The van der Waals surface area contributed by atoms with Crippen LogP contribution in [0.15, 0.2) is 18.3 Å². The van der Waals surface area contributed by atoms with E-state index in [9.17, 15) is 4.79 Å². The van der Waals surface area contributed by atoms with Crippen molar-refractivity contribution < 1.29 is 9.53 Å². The SMILES string of the molecule is Nc1ncccc1[C@H]1COC(=O)N1. The first-order valence-corrected chi connectivity index (χ1v) is 3.91. The number of nitrogens with two attached hydrogens (primary N) is 1. The van der Waals surface area contributed by atoms with Crippen LogP contribution in [0.25, 0.3) is 0 Å². The zero-order valence-electron chi connectivity index (χ0n) is 6.86. The number of nitrogens with zero attached hydrogens (tertiary/aromatic N) is 1. The molecule has 13 heavy (non-hydrogen) atoms. The number of carbonyl (C=O) groups excluding carboxylic acids is 1. The normalized spacial score (nSPS) is 20.9. The number of hydrogen-bond donors (Lipinski definition) is 2. The molecule has 1 aliphatic rings. The maximum atomic E-state index is 10.7. The molecule has 1 aromatic rings. The van der Waals surface area contributed by atoms with Gasteiger partial charge in [-0.25, -0.2) is 9.78 Å². The van der Waals surface area contributed by atoms with Gasteiger partial charge >= 0.3 is 6.09 Å². The number of nitrogens with one attached hydrogen (secondary N) is 1. The molecule has 5 heteroatoms. The molecule has 1 saturated heterocycles. The zero-order chi connectivity index (χ0) is 9.26. The number of nitrogen functional groups attached to an aromatic ring is 1. The zero-order valence-corrected chi connectivity index (χ0v) is 6.86. The van der Waals surface area contributed by atoms with Crippen LogP contribution < -0.4 is 11.1 Å². The van der Waals surface area contributed by atoms with Crippen molar-refractivity contribution in [2.45, 2.75) is 6.04 Å². The van der Waals surface area contributed by atoms with Crippen LogP contribution in [-0.2, 0) is 4.74 Å². The van der Waals surface area contributed by atoms with Crippen LogP contribution in [0.5, 0.6) is 0 Å². The third kappa shape index (κ3) is 1.40. The molecule has 0 aliphatic carbocycles. The van der Waals surface area contributed by atoms with E-state index in [0.29, 0.717) is 12.4 Å². The third-order valence-corrected chi connectivity index (χ3v) is 1.92. The third-order valence-electron chi connectivity index (χ3n) is 1.92. The van der Waals surface area contributed by atoms with E-state index in [2.05, 4.69) is 10.3 Å². The topological polar surface area (TPSA) is 77.2 Å². The number of aromatic nitrogens is 1. The van der Waals surface area contributed by atoms with Gasteiger partial charge < -0.3 is 15.8 Å². The van der Waals surface area contributed by atoms with Crippen LogP contribution in [0.2, 0.25) is 0 Å². The second kappa shape index (κ2) is 2.93. The van der Waals surface area contributed by atoms with Crippen LogP contribution in [-0.4, -0.2) is 17.7 Å². The summed E-state index contributed by atoms with van der Waals surface area (Å²) in [7, 11) is 0. The summed E-state index contributed by atoms with van der Waals surface area (Å²) < 4.78 is 4.74. The Morgan fingerprint density at radius 3 is 3.15 bits per heavy atom. The maximum Gasteiger partial charge on any atom is 0.407 e. The Morgan fingerprint density at radius 1 is 1.69 bits per heavy atom. The highest BCUT2D eigenvalue weighted by Crippen LogP contribution is 2.21. The molecule has 1 atom stereocenters. The molecule has 1 amide bonds. The van der Waals surface area contributed by atoms with Gasteiger partial charge in [-0.1, -0.05) is 6.07 Å². The van der Waals surface area contributed by atoms with E-state index in [1.807, 2.05) is 6.07 Å². The van der Waals surface area contributed by atoms with Crippen LogP contribution in [0.1, 0.15) is 11.6 Å². The fourth-order valence-corrected chi connectivity index (χ4v) is 1.28. The molecular weight excluding hydrogens is 170 g/mol. The van der Waals surface area contributed by atoms with Gasteiger partial charge in [-0.15, -0.1) is 0 Å². The lowest BCUT2D eigenvalue weighted by molar-refractivity contribution is 0.177. The van der Waals surface area contributed by atoms with Crippen LogP contribution in [0, 0.1) is 0 Å². The van der Waals surface area contributed by atoms with Gasteiger partial charge in [0.05, 0.1) is 6.04 Å². The number of amides is 1. The van der Waals surface area contributed by atoms with Gasteiger partial charge in [0.25, 0.3) is 0 Å². The molecule has 1 aliphatic heterocycles. The number of ether oxygens (including phenoxy) is 1. The highest BCUT2D eigenvalue weighted by molar-refractivity contribution is 5.70. The summed E-state index contributed by atoms with van der Waals surface area (Å²) in [4.78, 5) is 14.7. The first-order valence-electron chi connectivity index (χ1n) is 3.91. The van der Waals surface area contributed by atoms with Crippen molar-refractivity contribution in [3.63, 3.8) is 0 Å². The van der Waals surface area contributed by atoms with Crippen molar-refractivity contribution in [2.75, 3.05) is 12.3 Å². The molecule has 2 rings (SSSR count). The Morgan fingerprint density at radius 2 is 2.54 bits per heavy atom. The van der Waals surface area contributed by atoms with E-state index >= 15 is 0 Å². The van der Waals surface area contributed by atoms with E-state index in [0.717, 1.165) is 5.56 Å². The predicted octanol–water partition coefficient (Wildman–Crippen LogP) is 0.445. The Bertz CT molecular complexity index is 340. The van der Waals surface area contributed by atoms with Gasteiger partial charge in [-0.05, 0) is 6.07 Å². The first-order chi connectivity index (χ1) is 6.27. The number of pyridine rings is 1. The Hall–Kier alpha value is -1.78. The molecule has 0 spiro atoms. The number of cyclic esters (lactones) is 1. The number of rotatable bonds is 1. The minimum absolute atomic E-state index is 0.166. The number of carbonyl (C=O) groups is 1. The molecule has 5 nitrogen and oxygen atoms in total. The van der Waals surface area contributed by atoms with Crippen molar-refractivity contribution >= 4 is 11.9 Å². The molecule has 68 valence electrons. The van der Waals surface area contributed by atoms with E-state index in [4.69, 9.17) is 10.5 Å². The number of anilines is 1. The fourth-order valence-electron chi connectivity index (χ4n) is 1.28. The Labute approximate surface area is 74.9 Å². The number of hydrogen-bond acceptors (Lipinski definition) is 4. The largest absolute Gasteiger partial charge is 0.447 e. The van der Waals surface area contributed by atoms with Gasteiger partial charge in [0.2, 0.25) is 0 Å². The summed E-state index contributed by atoms with van der Waals surface area (Å²) in [5.74, 6) is 0.429. The molecule has 0 bridgehead atoms. The summed E-state index contributed by atoms with van der Waals surface area (Å²) in [6, 6.07) is 3.43. The molecule has 0 radical (unpaired) electrons. The second-order valence-corrected chi connectivity index (χ2v) is 2.77. The lowest BCUT2D eigenvalue weighted by Crippen LogP contribution is -2.19. The van der Waals surface area contributed by atoms with Crippen molar-refractivity contribution in [1.82, 2.24) is 10.3 Å². The molecule has 3 N–H and O–H groups in total. The Kier molecular flexibility index (Phi) is 1.77. The summed E-state index contributed by atoms with van der Waals surface area (Å²) in [5.41, 5.74) is 6.43. The molecule has 0 aromatic carbocycles. The van der Waals surface area contributed by atoms with Crippen molar-refractivity contribution in [1.29, 1.82) is 0 Å². The summed E-state index contributed by atoms with van der Waals surface area (Å²) >= 11 is 0. The average molecular weight is 179 g/mol. The van der Waals surface area contributed by atoms with Crippen molar-refractivity contribution in [3.05, 3.63) is 23.9 Å². The average Bonchev–Trinajstić information content (AvgIpc) is 2.53. The fraction of sp³-hybridized carbons (Fsp3) is 0.250. The number of alkyl carbamates (subject to hydrolysis) is 1. The van der Waals surface area contributed by atoms with Crippen LogP contribution >= 0.6 is 0 Å². The van der Waals surface area contributed by atoms with E-state index < -0.39 is 6.09 Å². The first kappa shape index (κ1) is 7.85. The highest BCUT2D eigenvalue weighted by Gasteiger charge is 2.25. The van der Waals surface area contributed by atoms with E-state index in [-0.39, 0.29) is 6.04 Å². The minimum Gasteiger partial charge on any atom is -0.447 e. The minimum atomic E-state index is -0.409. The molecule has 1 aromatic heterocycles. The summed E-state index contributed by atoms with van der Waals surface area (Å²) in [6.45, 7) is 0.314. The predicted molar refractivity (Wildman–Crippen MR) is 45.9 cm³/mol. The lowest BCUT2D eigenvalue weighted by Gasteiger charge is -2.08. The molecule has 0 unspecified atom stereocenters. The van der Waals surface area contributed by atoms with Crippen molar-refractivity contribution in [2.24, 2.45) is 0 Å². The quantitative estimate of drug-likeness (QED) is 0.656. The van der Waals surface area contributed by atoms with Gasteiger partial charge in [-0.2, -0.15) is 0 Å². The second-order valence-electron chi connectivity index (χ2n) is 2.77. The maximum absolute atomic E-state index is 10.7. The standard InChI is InChI=1S/C8H9N3O2/c9-7-5(2-1-3-10-7)6-4-13-8(12)11-6/h1-3,6H,4H2,(H2,9,10)(H,11,12)/t6-/m1/s1. The van der Waals surface area contributed by atoms with Crippen molar-refractivity contribution in [3.8, 4) is 0 Å². The lowest BCUT2D eigenvalue weighted by atomic mass is 10.1. The van der Waals surface area contributed by atoms with E-state index in [1.165, 1.54) is 0 Å². The van der Waals surface area contributed by atoms with Crippen LogP contribution in [0.3, 0.4) is 0 Å². The smallest absolute Gasteiger partial charge is 0.407 e. The molecule has 2 heterocycles. The molecular formula is C8H9N3O2. The van der Waals surface area contributed by atoms with Gasteiger partial charge in [0.1, 0.15) is 12.4 Å².